The van der Waals surface area contributed by atoms with Crippen molar-refractivity contribution in [3.05, 3.63) is 60.1 Å². The second-order valence-electron chi connectivity index (χ2n) is 3.96. The van der Waals surface area contributed by atoms with Crippen LogP contribution in [0.25, 0.3) is 0 Å². The highest BCUT2D eigenvalue weighted by atomic mass is 16.3. The molecule has 1 N–H and O–H groups in total. The lowest BCUT2D eigenvalue weighted by Crippen LogP contribution is -2.11. The third kappa shape index (κ3) is 3.24. The lowest BCUT2D eigenvalue weighted by Gasteiger charge is -2.09. The number of hydrogen-bond donors (Lipinski definition) is 1. The molecule has 1 atom stereocenters. The van der Waals surface area contributed by atoms with E-state index < -0.39 is 0 Å². The van der Waals surface area contributed by atoms with E-state index in [1.54, 1.807) is 6.26 Å². The molecule has 0 saturated heterocycles. The van der Waals surface area contributed by atoms with Gasteiger partial charge in [0.1, 0.15) is 5.76 Å². The van der Waals surface area contributed by atoms with Crippen LogP contribution in [-0.2, 0) is 12.8 Å². The van der Waals surface area contributed by atoms with Gasteiger partial charge in [0, 0.05) is 6.42 Å². The van der Waals surface area contributed by atoms with Gasteiger partial charge in [0.25, 0.3) is 0 Å². The van der Waals surface area contributed by atoms with E-state index in [1.165, 1.54) is 5.56 Å². The number of hydrogen-bond acceptors (Lipinski definition) is 2. The SMILES string of the molecule is OC(CCc1ccco1)Cc1ccccc1. The van der Waals surface area contributed by atoms with Crippen molar-refractivity contribution in [1.82, 2.24) is 0 Å². The fourth-order valence-electron chi connectivity index (χ4n) is 1.75. The molecule has 0 aliphatic heterocycles. The fourth-order valence-corrected chi connectivity index (χ4v) is 1.75. The normalized spacial score (nSPS) is 12.6. The van der Waals surface area contributed by atoms with Gasteiger partial charge in [-0.2, -0.15) is 0 Å². The van der Waals surface area contributed by atoms with Gasteiger partial charge >= 0.3 is 0 Å². The van der Waals surface area contributed by atoms with Crippen LogP contribution in [0.5, 0.6) is 0 Å². The smallest absolute Gasteiger partial charge is 0.103 e. The Hall–Kier alpha value is -1.54. The summed E-state index contributed by atoms with van der Waals surface area (Å²) in [4.78, 5) is 0. The molecule has 1 aromatic carbocycles. The van der Waals surface area contributed by atoms with Crippen molar-refractivity contribution in [2.24, 2.45) is 0 Å². The Labute approximate surface area is 95.5 Å². The molecule has 0 bridgehead atoms. The van der Waals surface area contributed by atoms with Crippen molar-refractivity contribution >= 4 is 0 Å². The molecule has 0 aliphatic rings. The first-order valence-electron chi connectivity index (χ1n) is 5.59. The summed E-state index contributed by atoms with van der Waals surface area (Å²) in [7, 11) is 0. The Morgan fingerprint density at radius 1 is 1.06 bits per heavy atom. The lowest BCUT2D eigenvalue weighted by molar-refractivity contribution is 0.163. The van der Waals surface area contributed by atoms with Crippen molar-refractivity contribution in [1.29, 1.82) is 0 Å². The molecule has 16 heavy (non-hydrogen) atoms. The van der Waals surface area contributed by atoms with Crippen LogP contribution in [0.2, 0.25) is 0 Å². The number of aryl methyl sites for hydroxylation is 1. The minimum absolute atomic E-state index is 0.299. The molecule has 1 heterocycles. The van der Waals surface area contributed by atoms with Gasteiger partial charge in [-0.3, -0.25) is 0 Å². The van der Waals surface area contributed by atoms with E-state index >= 15 is 0 Å². The number of furan rings is 1. The molecule has 0 radical (unpaired) electrons. The van der Waals surface area contributed by atoms with Gasteiger partial charge < -0.3 is 9.52 Å². The van der Waals surface area contributed by atoms with E-state index in [2.05, 4.69) is 0 Å². The predicted octanol–water partition coefficient (Wildman–Crippen LogP) is 2.82. The second kappa shape index (κ2) is 5.52. The molecule has 2 nitrogen and oxygen atoms in total. The van der Waals surface area contributed by atoms with E-state index in [-0.39, 0.29) is 6.10 Å². The van der Waals surface area contributed by atoms with Crippen molar-refractivity contribution in [3.8, 4) is 0 Å². The molecule has 0 saturated carbocycles. The van der Waals surface area contributed by atoms with Gasteiger partial charge in [0.2, 0.25) is 0 Å². The summed E-state index contributed by atoms with van der Waals surface area (Å²) in [6.07, 6.45) is 3.61. The number of rotatable bonds is 5. The van der Waals surface area contributed by atoms with Crippen LogP contribution in [0, 0.1) is 0 Å². The van der Waals surface area contributed by atoms with E-state index in [9.17, 15) is 5.11 Å². The monoisotopic (exact) mass is 216 g/mol. The third-order valence-corrected chi connectivity index (χ3v) is 2.62. The first-order valence-corrected chi connectivity index (χ1v) is 5.59. The topological polar surface area (TPSA) is 33.4 Å². The van der Waals surface area contributed by atoms with E-state index in [0.717, 1.165) is 18.6 Å². The Morgan fingerprint density at radius 3 is 2.56 bits per heavy atom. The van der Waals surface area contributed by atoms with Gasteiger partial charge in [0.05, 0.1) is 12.4 Å². The summed E-state index contributed by atoms with van der Waals surface area (Å²) in [5, 5.41) is 9.86. The van der Waals surface area contributed by atoms with Gasteiger partial charge in [-0.25, -0.2) is 0 Å². The zero-order chi connectivity index (χ0) is 11.2. The predicted molar refractivity (Wildman–Crippen MR) is 63.2 cm³/mol. The van der Waals surface area contributed by atoms with Crippen LogP contribution < -0.4 is 0 Å². The van der Waals surface area contributed by atoms with E-state index in [1.807, 2.05) is 42.5 Å². The first-order chi connectivity index (χ1) is 7.84. The van der Waals surface area contributed by atoms with Crippen LogP contribution >= 0.6 is 0 Å². The van der Waals surface area contributed by atoms with Crippen molar-refractivity contribution in [3.63, 3.8) is 0 Å². The van der Waals surface area contributed by atoms with E-state index in [0.29, 0.717) is 6.42 Å². The fraction of sp³-hybridized carbons (Fsp3) is 0.286. The molecular weight excluding hydrogens is 200 g/mol. The summed E-state index contributed by atoms with van der Waals surface area (Å²) >= 11 is 0. The average Bonchev–Trinajstić information content (AvgIpc) is 2.81. The number of aliphatic hydroxyl groups excluding tert-OH is 1. The zero-order valence-electron chi connectivity index (χ0n) is 9.17. The summed E-state index contributed by atoms with van der Waals surface area (Å²) < 4.78 is 5.22. The molecule has 84 valence electrons. The summed E-state index contributed by atoms with van der Waals surface area (Å²) in [5.74, 6) is 0.937. The van der Waals surface area contributed by atoms with Crippen LogP contribution in [0.15, 0.2) is 53.1 Å². The average molecular weight is 216 g/mol. The van der Waals surface area contributed by atoms with Crippen LogP contribution in [-0.4, -0.2) is 11.2 Å². The van der Waals surface area contributed by atoms with Crippen LogP contribution in [0.4, 0.5) is 0 Å². The Kier molecular flexibility index (Phi) is 3.78. The Bertz CT molecular complexity index is 392. The third-order valence-electron chi connectivity index (χ3n) is 2.62. The highest BCUT2D eigenvalue weighted by Crippen LogP contribution is 2.10. The van der Waals surface area contributed by atoms with Gasteiger partial charge in [0.15, 0.2) is 0 Å². The number of aliphatic hydroxyl groups is 1. The van der Waals surface area contributed by atoms with Crippen LogP contribution in [0.1, 0.15) is 17.7 Å². The lowest BCUT2D eigenvalue weighted by atomic mass is 10.0. The Morgan fingerprint density at radius 2 is 1.88 bits per heavy atom. The molecular formula is C14H16O2. The largest absolute Gasteiger partial charge is 0.469 e. The maximum absolute atomic E-state index is 9.86. The molecule has 2 heteroatoms. The van der Waals surface area contributed by atoms with Crippen LogP contribution in [0.3, 0.4) is 0 Å². The molecule has 0 spiro atoms. The number of benzene rings is 1. The van der Waals surface area contributed by atoms with Crippen molar-refractivity contribution in [2.75, 3.05) is 0 Å². The highest BCUT2D eigenvalue weighted by Gasteiger charge is 2.06. The highest BCUT2D eigenvalue weighted by molar-refractivity contribution is 5.15. The minimum atomic E-state index is -0.299. The summed E-state index contributed by atoms with van der Waals surface area (Å²) in [6.45, 7) is 0. The summed E-state index contributed by atoms with van der Waals surface area (Å²) in [6, 6.07) is 13.9. The van der Waals surface area contributed by atoms with Crippen molar-refractivity contribution in [2.45, 2.75) is 25.4 Å². The molecule has 0 fully saturated rings. The van der Waals surface area contributed by atoms with Gasteiger partial charge in [-0.05, 0) is 30.5 Å². The molecule has 0 aliphatic carbocycles. The van der Waals surface area contributed by atoms with Gasteiger partial charge in [-0.15, -0.1) is 0 Å². The Balaban J connectivity index is 1.78. The summed E-state index contributed by atoms with van der Waals surface area (Å²) in [5.41, 5.74) is 1.18. The van der Waals surface area contributed by atoms with Crippen molar-refractivity contribution < 1.29 is 9.52 Å². The maximum Gasteiger partial charge on any atom is 0.103 e. The minimum Gasteiger partial charge on any atom is -0.469 e. The maximum atomic E-state index is 9.86. The van der Waals surface area contributed by atoms with E-state index in [4.69, 9.17) is 4.42 Å². The standard InChI is InChI=1S/C14H16O2/c15-13(8-9-14-7-4-10-16-14)11-12-5-2-1-3-6-12/h1-7,10,13,15H,8-9,11H2. The van der Waals surface area contributed by atoms with Gasteiger partial charge in [-0.1, -0.05) is 30.3 Å². The second-order valence-corrected chi connectivity index (χ2v) is 3.96. The molecule has 1 unspecified atom stereocenters. The molecule has 0 amide bonds. The first kappa shape index (κ1) is 11.0. The zero-order valence-corrected chi connectivity index (χ0v) is 9.17. The molecule has 1 aromatic heterocycles. The molecule has 2 rings (SSSR count). The molecule has 2 aromatic rings. The quantitative estimate of drug-likeness (QED) is 0.833.